The predicted molar refractivity (Wildman–Crippen MR) is 102 cm³/mol. The average Bonchev–Trinajstić information content (AvgIpc) is 2.54. The minimum atomic E-state index is -4.54. The van der Waals surface area contributed by atoms with Crippen molar-refractivity contribution >= 4 is 30.1 Å². The molecule has 0 bridgehead atoms. The first kappa shape index (κ1) is 22.0. The second kappa shape index (κ2) is 8.01. The molecule has 0 aliphatic heterocycles. The molecule has 2 rings (SSSR count). The summed E-state index contributed by atoms with van der Waals surface area (Å²) in [6.07, 6.45) is -4.54. The Labute approximate surface area is 164 Å². The molecule has 0 radical (unpaired) electrons. The highest BCUT2D eigenvalue weighted by Gasteiger charge is 2.31. The highest BCUT2D eigenvalue weighted by molar-refractivity contribution is 7.63. The number of nitro groups is 1. The van der Waals surface area contributed by atoms with Crippen LogP contribution in [0.25, 0.3) is 0 Å². The Morgan fingerprint density at radius 2 is 1.86 bits per heavy atom. The Morgan fingerprint density at radius 1 is 1.21 bits per heavy atom. The van der Waals surface area contributed by atoms with Gasteiger partial charge in [-0.2, -0.15) is 13.2 Å². The summed E-state index contributed by atoms with van der Waals surface area (Å²) in [6, 6.07) is 6.39. The molecule has 0 fully saturated rings. The van der Waals surface area contributed by atoms with Gasteiger partial charge in [0, 0.05) is 12.1 Å². The van der Waals surface area contributed by atoms with Gasteiger partial charge in [-0.1, -0.05) is 11.6 Å². The fourth-order valence-electron chi connectivity index (χ4n) is 2.12. The van der Waals surface area contributed by atoms with Crippen LogP contribution in [0.4, 0.5) is 24.5 Å². The fourth-order valence-corrected chi connectivity index (χ4v) is 2.79. The van der Waals surface area contributed by atoms with E-state index in [1.54, 1.807) is 20.3 Å². The van der Waals surface area contributed by atoms with E-state index >= 15 is 0 Å². The lowest BCUT2D eigenvalue weighted by atomic mass is 10.2. The second-order valence-electron chi connectivity index (χ2n) is 6.44. The summed E-state index contributed by atoms with van der Waals surface area (Å²) in [5, 5.41) is 13.8. The van der Waals surface area contributed by atoms with Crippen LogP contribution in [-0.2, 0) is 10.7 Å². The number of rotatable bonds is 6. The van der Waals surface area contributed by atoms with Gasteiger partial charge in [0.05, 0.1) is 21.3 Å². The van der Waals surface area contributed by atoms with E-state index < -0.39 is 29.6 Å². The summed E-state index contributed by atoms with van der Waals surface area (Å²) in [7, 11) is -2.59. The average molecular weight is 437 g/mol. The first-order valence-electron chi connectivity index (χ1n) is 7.93. The van der Waals surface area contributed by atoms with Crippen LogP contribution in [0, 0.1) is 10.1 Å². The molecule has 1 atom stereocenters. The van der Waals surface area contributed by atoms with Crippen molar-refractivity contribution in [3.63, 3.8) is 0 Å². The van der Waals surface area contributed by atoms with Gasteiger partial charge in [0.1, 0.15) is 24.3 Å². The molecule has 28 heavy (non-hydrogen) atoms. The number of ether oxygens (including phenoxy) is 1. The highest BCUT2D eigenvalue weighted by atomic mass is 35.5. The minimum Gasteiger partial charge on any atom is -0.456 e. The monoisotopic (exact) mass is 436 g/mol. The van der Waals surface area contributed by atoms with Gasteiger partial charge in [0.15, 0.2) is 0 Å². The van der Waals surface area contributed by atoms with Crippen LogP contribution < -0.4 is 10.1 Å². The molecule has 0 heterocycles. The predicted octanol–water partition coefficient (Wildman–Crippen LogP) is 6.44. The molecule has 0 aromatic heterocycles. The normalized spacial score (nSPS) is 13.1. The van der Waals surface area contributed by atoms with Gasteiger partial charge >= 0.3 is 6.18 Å². The van der Waals surface area contributed by atoms with E-state index in [1.165, 1.54) is 18.2 Å². The zero-order valence-corrected chi connectivity index (χ0v) is 16.7. The van der Waals surface area contributed by atoms with Crippen LogP contribution in [0.15, 0.2) is 36.4 Å². The number of benzene rings is 2. The Bertz CT molecular complexity index is 946. The number of hydrogen-bond donors (Lipinski definition) is 1. The lowest BCUT2D eigenvalue weighted by molar-refractivity contribution is -0.384. The Morgan fingerprint density at radius 3 is 2.36 bits per heavy atom. The molecule has 1 N–H and O–H groups in total. The van der Waals surface area contributed by atoms with Gasteiger partial charge in [-0.25, -0.2) is 0 Å². The van der Waals surface area contributed by atoms with Gasteiger partial charge in [-0.3, -0.25) is 10.1 Å². The van der Waals surface area contributed by atoms with E-state index in [2.05, 4.69) is 5.32 Å². The molecule has 2 aromatic rings. The Hall–Kier alpha value is -2.25. The SMILES string of the molecule is CC(Nc1cc(Oc2ccc(C(F)(F)F)cc2Cl)ccc1[N+](=O)[O-])P(C)(C)=O. The van der Waals surface area contributed by atoms with Gasteiger partial charge < -0.3 is 14.6 Å². The number of nitro benzene ring substituents is 1. The molecule has 6 nitrogen and oxygen atoms in total. The molecule has 0 saturated carbocycles. The van der Waals surface area contributed by atoms with E-state index in [9.17, 15) is 27.9 Å². The van der Waals surface area contributed by atoms with Crippen LogP contribution in [0.5, 0.6) is 11.5 Å². The van der Waals surface area contributed by atoms with Crippen molar-refractivity contribution in [3.05, 3.63) is 57.1 Å². The van der Waals surface area contributed by atoms with E-state index in [0.717, 1.165) is 18.2 Å². The van der Waals surface area contributed by atoms with Crippen LogP contribution in [-0.4, -0.2) is 24.0 Å². The van der Waals surface area contributed by atoms with Crippen molar-refractivity contribution in [2.24, 2.45) is 0 Å². The van der Waals surface area contributed by atoms with E-state index in [-0.39, 0.29) is 27.9 Å². The van der Waals surface area contributed by atoms with E-state index in [4.69, 9.17) is 16.3 Å². The summed E-state index contributed by atoms with van der Waals surface area (Å²) in [5.74, 6) is -0.473. The number of nitrogens with zero attached hydrogens (tertiary/aromatic N) is 1. The molecule has 0 spiro atoms. The van der Waals surface area contributed by atoms with Crippen LogP contribution in [0.1, 0.15) is 12.5 Å². The summed E-state index contributed by atoms with van der Waals surface area (Å²) in [4.78, 5) is 10.6. The Balaban J connectivity index is 2.36. The van der Waals surface area contributed by atoms with Crippen LogP contribution in [0.3, 0.4) is 0 Å². The van der Waals surface area contributed by atoms with Gasteiger partial charge in [0.25, 0.3) is 5.69 Å². The number of halogens is 4. The molecule has 11 heteroatoms. The summed E-state index contributed by atoms with van der Waals surface area (Å²) in [5.41, 5.74) is -1.11. The standard InChI is InChI=1S/C17H17ClF3N2O4P/c1-10(28(2,3)26)22-14-9-12(5-6-15(14)23(24)25)27-16-7-4-11(8-13(16)18)17(19,20)21/h4-10,22H,1-3H3. The quantitative estimate of drug-likeness (QED) is 0.320. The second-order valence-corrected chi connectivity index (χ2v) is 10.5. The van der Waals surface area contributed by atoms with Gasteiger partial charge in [0.2, 0.25) is 0 Å². The zero-order chi connectivity index (χ0) is 21.3. The zero-order valence-electron chi connectivity index (χ0n) is 15.1. The first-order valence-corrected chi connectivity index (χ1v) is 11.0. The molecule has 1 unspecified atom stereocenters. The molecule has 0 amide bonds. The van der Waals surface area contributed by atoms with Crippen molar-refractivity contribution < 1.29 is 27.4 Å². The van der Waals surface area contributed by atoms with E-state index in [1.807, 2.05) is 0 Å². The number of hydrogen-bond acceptors (Lipinski definition) is 5. The fraction of sp³-hybridized carbons (Fsp3) is 0.294. The number of alkyl halides is 3. The van der Waals surface area contributed by atoms with Crippen LogP contribution >= 0.6 is 18.7 Å². The summed E-state index contributed by atoms with van der Waals surface area (Å²) < 4.78 is 55.8. The molecule has 0 saturated heterocycles. The van der Waals surface area contributed by atoms with Crippen molar-refractivity contribution in [2.45, 2.75) is 18.9 Å². The van der Waals surface area contributed by atoms with E-state index in [0.29, 0.717) is 0 Å². The van der Waals surface area contributed by atoms with Crippen molar-refractivity contribution in [3.8, 4) is 11.5 Å². The molecule has 2 aromatic carbocycles. The summed E-state index contributed by atoms with van der Waals surface area (Å²) >= 11 is 5.87. The van der Waals surface area contributed by atoms with Gasteiger partial charge in [-0.05, 0) is 44.5 Å². The molecule has 0 aliphatic rings. The molecular formula is C17H17ClF3N2O4P. The third-order valence-corrected chi connectivity index (χ3v) is 6.24. The van der Waals surface area contributed by atoms with Crippen molar-refractivity contribution in [2.75, 3.05) is 18.6 Å². The Kier molecular flexibility index (Phi) is 6.31. The first-order chi connectivity index (χ1) is 12.8. The lowest BCUT2D eigenvalue weighted by Gasteiger charge is -2.20. The number of anilines is 1. The third-order valence-electron chi connectivity index (χ3n) is 3.95. The van der Waals surface area contributed by atoms with Crippen LogP contribution in [0.2, 0.25) is 5.02 Å². The largest absolute Gasteiger partial charge is 0.456 e. The smallest absolute Gasteiger partial charge is 0.416 e. The lowest BCUT2D eigenvalue weighted by Crippen LogP contribution is -2.15. The minimum absolute atomic E-state index is 0.0424. The van der Waals surface area contributed by atoms with Crippen molar-refractivity contribution in [1.82, 2.24) is 0 Å². The third kappa shape index (κ3) is 5.39. The van der Waals surface area contributed by atoms with Crippen molar-refractivity contribution in [1.29, 1.82) is 0 Å². The maximum Gasteiger partial charge on any atom is 0.416 e. The molecule has 0 aliphatic carbocycles. The molecular weight excluding hydrogens is 420 g/mol. The molecule has 152 valence electrons. The topological polar surface area (TPSA) is 81.5 Å². The maximum atomic E-state index is 12.7. The van der Waals surface area contributed by atoms with Gasteiger partial charge in [-0.15, -0.1) is 0 Å². The maximum absolute atomic E-state index is 12.7. The highest BCUT2D eigenvalue weighted by Crippen LogP contribution is 2.44. The number of nitrogens with one attached hydrogen (secondary N) is 1. The summed E-state index contributed by atoms with van der Waals surface area (Å²) in [6.45, 7) is 4.71.